The summed E-state index contributed by atoms with van der Waals surface area (Å²) in [5.74, 6) is 0.129. The fraction of sp³-hybridized carbons (Fsp3) is 0.0833. The Morgan fingerprint density at radius 2 is 2.00 bits per heavy atom. The van der Waals surface area contributed by atoms with Crippen molar-refractivity contribution in [3.8, 4) is 0 Å². The Kier molecular flexibility index (Phi) is 2.54. The smallest absolute Gasteiger partial charge is 0.248 e. The average molecular weight is 201 g/mol. The lowest BCUT2D eigenvalue weighted by molar-refractivity contribution is -0.114. The Morgan fingerprint density at radius 3 is 2.67 bits per heavy atom. The summed E-state index contributed by atoms with van der Waals surface area (Å²) >= 11 is 0. The highest BCUT2D eigenvalue weighted by Crippen LogP contribution is 2.25. The molecule has 0 atom stereocenters. The van der Waals surface area contributed by atoms with E-state index in [0.717, 1.165) is 5.56 Å². The molecule has 1 amide bonds. The molecule has 2 N–H and O–H groups in total. The molecular weight excluding hydrogens is 190 g/mol. The number of ether oxygens (including phenoxy) is 1. The van der Waals surface area contributed by atoms with Crippen molar-refractivity contribution >= 4 is 11.7 Å². The van der Waals surface area contributed by atoms with Crippen molar-refractivity contribution in [2.24, 2.45) is 5.73 Å². The molecule has 76 valence electrons. The number of amides is 1. The number of benzene rings is 1. The van der Waals surface area contributed by atoms with Gasteiger partial charge in [-0.3, -0.25) is 4.79 Å². The van der Waals surface area contributed by atoms with E-state index in [1.165, 1.54) is 0 Å². The van der Waals surface area contributed by atoms with E-state index < -0.39 is 5.91 Å². The van der Waals surface area contributed by atoms with Crippen LogP contribution in [-0.2, 0) is 9.53 Å². The number of hydrogen-bond donors (Lipinski definition) is 1. The SMILES string of the molecule is NC(=O)C1=C(c2ccccc2)OC=CC1. The van der Waals surface area contributed by atoms with E-state index in [-0.39, 0.29) is 0 Å². The number of hydrogen-bond acceptors (Lipinski definition) is 2. The van der Waals surface area contributed by atoms with Gasteiger partial charge in [-0.2, -0.15) is 0 Å². The fourth-order valence-corrected chi connectivity index (χ4v) is 1.49. The van der Waals surface area contributed by atoms with Crippen LogP contribution in [0.15, 0.2) is 48.2 Å². The second kappa shape index (κ2) is 4.00. The van der Waals surface area contributed by atoms with Crippen LogP contribution in [-0.4, -0.2) is 5.91 Å². The van der Waals surface area contributed by atoms with Crippen LogP contribution in [0.4, 0.5) is 0 Å². The highest BCUT2D eigenvalue weighted by atomic mass is 16.5. The molecule has 0 radical (unpaired) electrons. The number of allylic oxidation sites excluding steroid dienone is 1. The number of nitrogens with two attached hydrogens (primary N) is 1. The number of rotatable bonds is 2. The first-order valence-corrected chi connectivity index (χ1v) is 4.69. The van der Waals surface area contributed by atoms with Gasteiger partial charge in [-0.15, -0.1) is 0 Å². The molecule has 0 spiro atoms. The Balaban J connectivity index is 2.45. The monoisotopic (exact) mass is 201 g/mol. The summed E-state index contributed by atoms with van der Waals surface area (Å²) in [4.78, 5) is 11.2. The van der Waals surface area contributed by atoms with Gasteiger partial charge >= 0.3 is 0 Å². The fourth-order valence-electron chi connectivity index (χ4n) is 1.49. The molecule has 0 bridgehead atoms. The Labute approximate surface area is 87.9 Å². The van der Waals surface area contributed by atoms with Crippen molar-refractivity contribution in [3.05, 3.63) is 53.8 Å². The molecule has 1 aliphatic heterocycles. The van der Waals surface area contributed by atoms with E-state index in [1.807, 2.05) is 30.3 Å². The van der Waals surface area contributed by atoms with Crippen LogP contribution in [0.1, 0.15) is 12.0 Å². The molecule has 0 saturated carbocycles. The minimum atomic E-state index is -0.432. The molecule has 0 aromatic heterocycles. The van der Waals surface area contributed by atoms with Crippen LogP contribution in [0.25, 0.3) is 5.76 Å². The summed E-state index contributed by atoms with van der Waals surface area (Å²) in [7, 11) is 0. The van der Waals surface area contributed by atoms with Crippen LogP contribution in [0.2, 0.25) is 0 Å². The Bertz CT molecular complexity index is 432. The molecule has 0 unspecified atom stereocenters. The standard InChI is InChI=1S/C12H11NO2/c13-12(14)10-7-4-8-15-11(10)9-5-2-1-3-6-9/h1-6,8H,7H2,(H2,13,14). The van der Waals surface area contributed by atoms with Gasteiger partial charge in [0.15, 0.2) is 0 Å². The molecule has 1 aromatic rings. The van der Waals surface area contributed by atoms with E-state index in [9.17, 15) is 4.79 Å². The summed E-state index contributed by atoms with van der Waals surface area (Å²) in [5.41, 5.74) is 6.67. The van der Waals surface area contributed by atoms with Gasteiger partial charge in [0, 0.05) is 12.0 Å². The zero-order chi connectivity index (χ0) is 10.7. The predicted molar refractivity (Wildman–Crippen MR) is 57.4 cm³/mol. The Hall–Kier alpha value is -2.03. The molecule has 1 aliphatic rings. The molecule has 15 heavy (non-hydrogen) atoms. The third kappa shape index (κ3) is 1.91. The van der Waals surface area contributed by atoms with Gasteiger partial charge in [-0.25, -0.2) is 0 Å². The van der Waals surface area contributed by atoms with Crippen molar-refractivity contribution < 1.29 is 9.53 Å². The summed E-state index contributed by atoms with van der Waals surface area (Å²) < 4.78 is 5.34. The lowest BCUT2D eigenvalue weighted by Gasteiger charge is -2.14. The van der Waals surface area contributed by atoms with Crippen LogP contribution in [0.5, 0.6) is 0 Å². The lowest BCUT2D eigenvalue weighted by Crippen LogP contribution is -2.17. The summed E-state index contributed by atoms with van der Waals surface area (Å²) in [5, 5.41) is 0. The quantitative estimate of drug-likeness (QED) is 0.793. The van der Waals surface area contributed by atoms with Gasteiger partial charge in [0.05, 0.1) is 11.8 Å². The zero-order valence-electron chi connectivity index (χ0n) is 8.14. The van der Waals surface area contributed by atoms with Gasteiger partial charge in [-0.1, -0.05) is 30.3 Å². The van der Waals surface area contributed by atoms with E-state index in [4.69, 9.17) is 10.5 Å². The van der Waals surface area contributed by atoms with E-state index in [1.54, 1.807) is 12.3 Å². The third-order valence-electron chi connectivity index (χ3n) is 2.21. The maximum Gasteiger partial charge on any atom is 0.248 e. The minimum absolute atomic E-state index is 0.432. The third-order valence-corrected chi connectivity index (χ3v) is 2.21. The molecule has 0 aliphatic carbocycles. The van der Waals surface area contributed by atoms with Gasteiger partial charge in [0.25, 0.3) is 0 Å². The first-order valence-electron chi connectivity index (χ1n) is 4.69. The summed E-state index contributed by atoms with van der Waals surface area (Å²) in [6, 6.07) is 9.47. The first kappa shape index (κ1) is 9.52. The van der Waals surface area contributed by atoms with E-state index in [2.05, 4.69) is 0 Å². The molecule has 2 rings (SSSR count). The first-order chi connectivity index (χ1) is 7.29. The van der Waals surface area contributed by atoms with Gasteiger partial charge < -0.3 is 10.5 Å². The number of carbonyl (C=O) groups excluding carboxylic acids is 1. The van der Waals surface area contributed by atoms with Crippen molar-refractivity contribution in [2.45, 2.75) is 6.42 Å². The highest BCUT2D eigenvalue weighted by molar-refractivity contribution is 5.99. The second-order valence-corrected chi connectivity index (χ2v) is 3.23. The molecular formula is C12H11NO2. The topological polar surface area (TPSA) is 52.3 Å². The van der Waals surface area contributed by atoms with E-state index in [0.29, 0.717) is 17.8 Å². The van der Waals surface area contributed by atoms with Crippen molar-refractivity contribution in [3.63, 3.8) is 0 Å². The van der Waals surface area contributed by atoms with Gasteiger partial charge in [-0.05, 0) is 6.08 Å². The molecule has 1 aromatic carbocycles. The van der Waals surface area contributed by atoms with Crippen molar-refractivity contribution in [1.82, 2.24) is 0 Å². The number of carbonyl (C=O) groups is 1. The van der Waals surface area contributed by atoms with Crippen LogP contribution >= 0.6 is 0 Å². The summed E-state index contributed by atoms with van der Waals surface area (Å²) in [6.07, 6.45) is 3.88. The maximum absolute atomic E-state index is 11.2. The van der Waals surface area contributed by atoms with E-state index >= 15 is 0 Å². The predicted octanol–water partition coefficient (Wildman–Crippen LogP) is 1.82. The molecule has 0 saturated heterocycles. The lowest BCUT2D eigenvalue weighted by atomic mass is 10.0. The average Bonchev–Trinajstić information content (AvgIpc) is 2.30. The van der Waals surface area contributed by atoms with Crippen molar-refractivity contribution in [1.29, 1.82) is 0 Å². The summed E-state index contributed by atoms with van der Waals surface area (Å²) in [6.45, 7) is 0. The van der Waals surface area contributed by atoms with Crippen molar-refractivity contribution in [2.75, 3.05) is 0 Å². The van der Waals surface area contributed by atoms with Crippen LogP contribution in [0.3, 0.4) is 0 Å². The Morgan fingerprint density at radius 1 is 1.27 bits per heavy atom. The molecule has 1 heterocycles. The van der Waals surface area contributed by atoms with Gasteiger partial charge in [0.1, 0.15) is 5.76 Å². The second-order valence-electron chi connectivity index (χ2n) is 3.23. The zero-order valence-corrected chi connectivity index (χ0v) is 8.14. The normalized spacial score (nSPS) is 14.9. The molecule has 0 fully saturated rings. The molecule has 3 nitrogen and oxygen atoms in total. The highest BCUT2D eigenvalue weighted by Gasteiger charge is 2.16. The van der Waals surface area contributed by atoms with Crippen LogP contribution in [0, 0.1) is 0 Å². The number of primary amides is 1. The largest absolute Gasteiger partial charge is 0.464 e. The molecule has 3 heteroatoms. The van der Waals surface area contributed by atoms with Crippen LogP contribution < -0.4 is 5.73 Å². The minimum Gasteiger partial charge on any atom is -0.464 e. The van der Waals surface area contributed by atoms with Gasteiger partial charge in [0.2, 0.25) is 5.91 Å². The maximum atomic E-state index is 11.2.